The van der Waals surface area contributed by atoms with Crippen molar-refractivity contribution in [3.63, 3.8) is 0 Å². The first kappa shape index (κ1) is 14.4. The number of thiazole rings is 1. The minimum Gasteiger partial charge on any atom is -0.345 e. The third-order valence-electron chi connectivity index (χ3n) is 4.45. The molecule has 23 heavy (non-hydrogen) atoms. The summed E-state index contributed by atoms with van der Waals surface area (Å²) in [5.41, 5.74) is 2.98. The number of aryl methyl sites for hydroxylation is 1. The molecule has 2 aromatic heterocycles. The van der Waals surface area contributed by atoms with Gasteiger partial charge in [0.25, 0.3) is 5.91 Å². The second-order valence-corrected chi connectivity index (χ2v) is 6.73. The lowest BCUT2D eigenvalue weighted by atomic mass is 10.1. The molecule has 0 unspecified atom stereocenters. The normalized spacial score (nSPS) is 24.2. The molecule has 0 radical (unpaired) electrons. The fourth-order valence-corrected chi connectivity index (χ4v) is 3.79. The van der Waals surface area contributed by atoms with Crippen molar-refractivity contribution >= 4 is 23.2 Å². The van der Waals surface area contributed by atoms with E-state index in [-0.39, 0.29) is 23.9 Å². The summed E-state index contributed by atoms with van der Waals surface area (Å²) in [4.78, 5) is 30.8. The largest absolute Gasteiger partial charge is 0.345 e. The molecule has 4 rings (SSSR count). The summed E-state index contributed by atoms with van der Waals surface area (Å²) in [6, 6.07) is 1.79. The van der Waals surface area contributed by atoms with Crippen molar-refractivity contribution in [1.82, 2.24) is 25.0 Å². The lowest BCUT2D eigenvalue weighted by Gasteiger charge is -2.28. The van der Waals surface area contributed by atoms with Crippen molar-refractivity contribution in [3.8, 4) is 0 Å². The molecule has 1 aliphatic heterocycles. The molecule has 120 valence electrons. The second kappa shape index (κ2) is 5.45. The van der Waals surface area contributed by atoms with Crippen LogP contribution in [0.1, 0.15) is 41.5 Å². The van der Waals surface area contributed by atoms with E-state index in [2.05, 4.69) is 15.4 Å². The molecule has 0 aromatic carbocycles. The van der Waals surface area contributed by atoms with Gasteiger partial charge < -0.3 is 10.2 Å². The van der Waals surface area contributed by atoms with Gasteiger partial charge in [0.15, 0.2) is 0 Å². The molecule has 2 atom stereocenters. The van der Waals surface area contributed by atoms with Crippen molar-refractivity contribution in [2.45, 2.75) is 37.4 Å². The van der Waals surface area contributed by atoms with Gasteiger partial charge in [-0.15, -0.1) is 11.3 Å². The molecule has 2 fully saturated rings. The molecule has 0 spiro atoms. The molecule has 1 saturated carbocycles. The highest BCUT2D eigenvalue weighted by molar-refractivity contribution is 7.07. The maximum absolute atomic E-state index is 12.5. The zero-order valence-electron chi connectivity index (χ0n) is 12.7. The van der Waals surface area contributed by atoms with Crippen LogP contribution in [0.4, 0.5) is 0 Å². The number of nitrogens with one attached hydrogen (secondary N) is 1. The van der Waals surface area contributed by atoms with E-state index in [1.165, 1.54) is 11.3 Å². The Kier molecular flexibility index (Phi) is 3.41. The Morgan fingerprint density at radius 1 is 1.43 bits per heavy atom. The van der Waals surface area contributed by atoms with Crippen molar-refractivity contribution in [3.05, 3.63) is 34.5 Å². The number of carbonyl (C=O) groups is 2. The number of amides is 2. The van der Waals surface area contributed by atoms with Crippen LogP contribution in [0.2, 0.25) is 0 Å². The van der Waals surface area contributed by atoms with Crippen LogP contribution in [-0.4, -0.2) is 43.6 Å². The average molecular weight is 331 g/mol. The molecule has 1 aliphatic carbocycles. The Labute approximate surface area is 137 Å². The van der Waals surface area contributed by atoms with Gasteiger partial charge in [0, 0.05) is 31.1 Å². The van der Waals surface area contributed by atoms with E-state index in [1.807, 2.05) is 18.0 Å². The molecule has 2 amide bonds. The second-order valence-electron chi connectivity index (χ2n) is 6.01. The number of hydrogen-bond donors (Lipinski definition) is 1. The predicted octanol–water partition coefficient (Wildman–Crippen LogP) is 1.11. The van der Waals surface area contributed by atoms with Crippen LogP contribution in [0.3, 0.4) is 0 Å². The molecule has 7 nitrogen and oxygen atoms in total. The van der Waals surface area contributed by atoms with Crippen LogP contribution in [0.5, 0.6) is 0 Å². The zero-order valence-corrected chi connectivity index (χ0v) is 13.5. The topological polar surface area (TPSA) is 80.1 Å². The van der Waals surface area contributed by atoms with E-state index < -0.39 is 0 Å². The van der Waals surface area contributed by atoms with Crippen molar-refractivity contribution < 1.29 is 9.59 Å². The maximum Gasteiger partial charge on any atom is 0.271 e. The van der Waals surface area contributed by atoms with Crippen molar-refractivity contribution in [1.29, 1.82) is 0 Å². The number of hydrogen-bond acceptors (Lipinski definition) is 5. The summed E-state index contributed by atoms with van der Waals surface area (Å²) in [5, 5.41) is 8.92. The maximum atomic E-state index is 12.5. The summed E-state index contributed by atoms with van der Waals surface area (Å²) in [6.07, 6.45) is 4.12. The number of rotatable bonds is 4. The van der Waals surface area contributed by atoms with E-state index >= 15 is 0 Å². The molecule has 8 heteroatoms. The van der Waals surface area contributed by atoms with E-state index in [4.69, 9.17) is 0 Å². The first-order valence-electron chi connectivity index (χ1n) is 7.63. The van der Waals surface area contributed by atoms with Crippen LogP contribution in [0, 0.1) is 0 Å². The monoisotopic (exact) mass is 331 g/mol. The lowest BCUT2D eigenvalue weighted by molar-refractivity contribution is -0.129. The van der Waals surface area contributed by atoms with Crippen LogP contribution in [0.25, 0.3) is 0 Å². The molecular weight excluding hydrogens is 314 g/mol. The van der Waals surface area contributed by atoms with Gasteiger partial charge in [0.05, 0.1) is 23.3 Å². The smallest absolute Gasteiger partial charge is 0.271 e. The van der Waals surface area contributed by atoms with E-state index in [0.29, 0.717) is 18.2 Å². The Bertz CT molecular complexity index is 737. The Balaban J connectivity index is 1.63. The highest BCUT2D eigenvalue weighted by Crippen LogP contribution is 2.41. The molecular formula is C15H17N5O2S. The molecule has 2 aromatic rings. The van der Waals surface area contributed by atoms with Gasteiger partial charge in [0.2, 0.25) is 5.91 Å². The number of carbonyl (C=O) groups excluding carboxylic acids is 2. The fourth-order valence-electron chi connectivity index (χ4n) is 3.26. The van der Waals surface area contributed by atoms with Crippen molar-refractivity contribution in [2.75, 3.05) is 0 Å². The summed E-state index contributed by atoms with van der Waals surface area (Å²) >= 11 is 1.38. The van der Waals surface area contributed by atoms with Gasteiger partial charge in [-0.3, -0.25) is 14.3 Å². The van der Waals surface area contributed by atoms with Crippen LogP contribution in [0.15, 0.2) is 23.2 Å². The SMILES string of the molecule is Cn1nccc1[C@H]1[C@H](NC(=O)c2cscn2)CC(=O)N1C1CC1. The molecule has 0 bridgehead atoms. The first-order valence-corrected chi connectivity index (χ1v) is 8.57. The van der Waals surface area contributed by atoms with Gasteiger partial charge in [-0.2, -0.15) is 5.10 Å². The standard InChI is InChI=1S/C15H17N5O2S/c1-19-12(4-5-17-19)14-10(6-13(21)20(14)9-2-3-9)18-15(22)11-7-23-8-16-11/h4-5,7-10,14H,2-3,6H2,1H3,(H,18,22)/t10-,14-/m1/s1. The number of aromatic nitrogens is 3. The Morgan fingerprint density at radius 3 is 2.87 bits per heavy atom. The quantitative estimate of drug-likeness (QED) is 0.910. The van der Waals surface area contributed by atoms with Gasteiger partial charge in [-0.1, -0.05) is 0 Å². The fraction of sp³-hybridized carbons (Fsp3) is 0.467. The Morgan fingerprint density at radius 2 is 2.26 bits per heavy atom. The molecule has 3 heterocycles. The van der Waals surface area contributed by atoms with E-state index in [9.17, 15) is 9.59 Å². The number of nitrogens with zero attached hydrogens (tertiary/aromatic N) is 4. The summed E-state index contributed by atoms with van der Waals surface area (Å²) in [7, 11) is 1.86. The predicted molar refractivity (Wildman–Crippen MR) is 83.8 cm³/mol. The van der Waals surface area contributed by atoms with E-state index in [1.54, 1.807) is 21.8 Å². The van der Waals surface area contributed by atoms with Crippen LogP contribution in [-0.2, 0) is 11.8 Å². The third-order valence-corrected chi connectivity index (χ3v) is 5.03. The molecule has 2 aliphatic rings. The van der Waals surface area contributed by atoms with Crippen molar-refractivity contribution in [2.24, 2.45) is 7.05 Å². The summed E-state index contributed by atoms with van der Waals surface area (Å²) < 4.78 is 1.78. The van der Waals surface area contributed by atoms with E-state index in [0.717, 1.165) is 18.5 Å². The number of likely N-dealkylation sites (tertiary alicyclic amines) is 1. The third kappa shape index (κ3) is 2.52. The molecule has 1 saturated heterocycles. The first-order chi connectivity index (χ1) is 11.1. The minimum atomic E-state index is -0.257. The highest BCUT2D eigenvalue weighted by Gasteiger charge is 2.48. The van der Waals surface area contributed by atoms with Gasteiger partial charge in [-0.25, -0.2) is 4.98 Å². The summed E-state index contributed by atoms with van der Waals surface area (Å²) in [5.74, 6) is -0.129. The van der Waals surface area contributed by atoms with Crippen LogP contribution >= 0.6 is 11.3 Å². The Hall–Kier alpha value is -2.22. The average Bonchev–Trinajstić information content (AvgIpc) is 2.94. The molecule has 1 N–H and O–H groups in total. The minimum absolute atomic E-state index is 0.0993. The zero-order chi connectivity index (χ0) is 16.0. The van der Waals surface area contributed by atoms with Gasteiger partial charge in [0.1, 0.15) is 5.69 Å². The van der Waals surface area contributed by atoms with Gasteiger partial charge >= 0.3 is 0 Å². The van der Waals surface area contributed by atoms with Crippen LogP contribution < -0.4 is 5.32 Å². The lowest BCUT2D eigenvalue weighted by Crippen LogP contribution is -2.41. The summed E-state index contributed by atoms with van der Waals surface area (Å²) in [6.45, 7) is 0. The highest BCUT2D eigenvalue weighted by atomic mass is 32.1. The van der Waals surface area contributed by atoms with Gasteiger partial charge in [-0.05, 0) is 18.9 Å².